The third kappa shape index (κ3) is 4.72. The van der Waals surface area contributed by atoms with Gasteiger partial charge in [-0.3, -0.25) is 9.59 Å². The zero-order chi connectivity index (χ0) is 18.4. The molecular formula is C19H22N4O3. The van der Waals surface area contributed by atoms with Crippen molar-refractivity contribution in [3.05, 3.63) is 48.2 Å². The van der Waals surface area contributed by atoms with E-state index in [-0.39, 0.29) is 12.5 Å². The van der Waals surface area contributed by atoms with Crippen LogP contribution >= 0.6 is 0 Å². The molecule has 2 aromatic rings. The Labute approximate surface area is 152 Å². The molecule has 136 valence electrons. The summed E-state index contributed by atoms with van der Waals surface area (Å²) in [6.45, 7) is 4.83. The summed E-state index contributed by atoms with van der Waals surface area (Å²) in [6, 6.07) is 11.2. The predicted molar refractivity (Wildman–Crippen MR) is 99.4 cm³/mol. The summed E-state index contributed by atoms with van der Waals surface area (Å²) < 4.78 is 5.46. The minimum atomic E-state index is -0.236. The molecule has 0 radical (unpaired) electrons. The second kappa shape index (κ2) is 8.33. The fraction of sp³-hybridized carbons (Fsp3) is 0.316. The number of aromatic nitrogens is 1. The zero-order valence-corrected chi connectivity index (χ0v) is 14.7. The molecule has 1 aromatic heterocycles. The Hall–Kier alpha value is -3.09. The molecule has 0 bridgehead atoms. The summed E-state index contributed by atoms with van der Waals surface area (Å²) in [5.74, 6) is 1.26. The maximum atomic E-state index is 12.0. The SMILES string of the molecule is Cc1ccc(OCC(=O)Nc2ccc(N3CCN(C=O)CC3)nc2)cc1. The maximum absolute atomic E-state index is 12.0. The number of ether oxygens (including phenoxy) is 1. The van der Waals surface area contributed by atoms with Gasteiger partial charge in [-0.05, 0) is 31.2 Å². The molecule has 3 rings (SSSR count). The van der Waals surface area contributed by atoms with Crippen LogP contribution in [-0.4, -0.2) is 55.0 Å². The van der Waals surface area contributed by atoms with Gasteiger partial charge in [-0.1, -0.05) is 17.7 Å². The highest BCUT2D eigenvalue weighted by molar-refractivity contribution is 5.91. The average Bonchev–Trinajstić information content (AvgIpc) is 2.68. The molecule has 0 atom stereocenters. The molecule has 1 aliphatic rings. The number of carbonyl (C=O) groups is 2. The number of rotatable bonds is 6. The zero-order valence-electron chi connectivity index (χ0n) is 14.7. The van der Waals surface area contributed by atoms with Gasteiger partial charge in [-0.25, -0.2) is 4.98 Å². The molecule has 0 unspecified atom stereocenters. The lowest BCUT2D eigenvalue weighted by Crippen LogP contribution is -2.46. The standard InChI is InChI=1S/C19H22N4O3/c1-15-2-5-17(6-3-15)26-13-19(25)21-16-4-7-18(20-12-16)23-10-8-22(14-24)9-11-23/h2-7,12,14H,8-11,13H2,1H3,(H,21,25). The van der Waals surface area contributed by atoms with Crippen molar-refractivity contribution in [2.45, 2.75) is 6.92 Å². The van der Waals surface area contributed by atoms with Crippen LogP contribution in [0.1, 0.15) is 5.56 Å². The van der Waals surface area contributed by atoms with Gasteiger partial charge < -0.3 is 19.9 Å². The first-order chi connectivity index (χ1) is 12.6. The largest absolute Gasteiger partial charge is 0.484 e. The van der Waals surface area contributed by atoms with Gasteiger partial charge in [0.1, 0.15) is 11.6 Å². The summed E-state index contributed by atoms with van der Waals surface area (Å²) in [6.07, 6.45) is 2.51. The minimum Gasteiger partial charge on any atom is -0.484 e. The average molecular weight is 354 g/mol. The van der Waals surface area contributed by atoms with Crippen molar-refractivity contribution in [1.82, 2.24) is 9.88 Å². The first kappa shape index (κ1) is 17.7. The second-order valence-corrected chi connectivity index (χ2v) is 6.18. The maximum Gasteiger partial charge on any atom is 0.262 e. The Morgan fingerprint density at radius 1 is 1.15 bits per heavy atom. The van der Waals surface area contributed by atoms with E-state index in [0.29, 0.717) is 24.5 Å². The third-order valence-electron chi connectivity index (χ3n) is 4.21. The molecule has 1 saturated heterocycles. The van der Waals surface area contributed by atoms with E-state index < -0.39 is 0 Å². The van der Waals surface area contributed by atoms with Crippen molar-refractivity contribution < 1.29 is 14.3 Å². The van der Waals surface area contributed by atoms with Gasteiger partial charge in [0.25, 0.3) is 5.91 Å². The molecule has 0 aliphatic carbocycles. The molecular weight excluding hydrogens is 332 g/mol. The lowest BCUT2D eigenvalue weighted by molar-refractivity contribution is -0.119. The van der Waals surface area contributed by atoms with E-state index in [1.807, 2.05) is 43.3 Å². The Balaban J connectivity index is 1.48. The van der Waals surface area contributed by atoms with Crippen LogP contribution in [0.4, 0.5) is 11.5 Å². The first-order valence-electron chi connectivity index (χ1n) is 8.54. The number of benzene rings is 1. The normalized spacial score (nSPS) is 14.0. The van der Waals surface area contributed by atoms with Crippen molar-refractivity contribution in [3.63, 3.8) is 0 Å². The molecule has 0 saturated carbocycles. The Morgan fingerprint density at radius 2 is 1.88 bits per heavy atom. The number of nitrogens with one attached hydrogen (secondary N) is 1. The number of anilines is 2. The number of nitrogens with zero attached hydrogens (tertiary/aromatic N) is 3. The molecule has 26 heavy (non-hydrogen) atoms. The van der Waals surface area contributed by atoms with E-state index in [2.05, 4.69) is 15.2 Å². The van der Waals surface area contributed by atoms with Crippen molar-refractivity contribution in [2.75, 3.05) is 43.0 Å². The number of piperazine rings is 1. The highest BCUT2D eigenvalue weighted by Crippen LogP contribution is 2.16. The van der Waals surface area contributed by atoms with Crippen LogP contribution < -0.4 is 15.0 Å². The highest BCUT2D eigenvalue weighted by Gasteiger charge is 2.16. The molecule has 1 aromatic carbocycles. The monoisotopic (exact) mass is 354 g/mol. The second-order valence-electron chi connectivity index (χ2n) is 6.18. The van der Waals surface area contributed by atoms with Crippen molar-refractivity contribution in [1.29, 1.82) is 0 Å². The topological polar surface area (TPSA) is 74.8 Å². The summed E-state index contributed by atoms with van der Waals surface area (Å²) in [4.78, 5) is 31.0. The van der Waals surface area contributed by atoms with E-state index in [1.165, 1.54) is 0 Å². The fourth-order valence-corrected chi connectivity index (χ4v) is 2.68. The number of aryl methyl sites for hydroxylation is 1. The predicted octanol–water partition coefficient (Wildman–Crippen LogP) is 1.69. The third-order valence-corrected chi connectivity index (χ3v) is 4.21. The van der Waals surface area contributed by atoms with Gasteiger partial charge in [0.15, 0.2) is 6.61 Å². The van der Waals surface area contributed by atoms with Gasteiger partial charge >= 0.3 is 0 Å². The lowest BCUT2D eigenvalue weighted by Gasteiger charge is -2.33. The van der Waals surface area contributed by atoms with Crippen LogP contribution in [0.15, 0.2) is 42.6 Å². The van der Waals surface area contributed by atoms with E-state index in [0.717, 1.165) is 30.9 Å². The number of hydrogen-bond donors (Lipinski definition) is 1. The lowest BCUT2D eigenvalue weighted by atomic mass is 10.2. The van der Waals surface area contributed by atoms with E-state index >= 15 is 0 Å². The van der Waals surface area contributed by atoms with Crippen molar-refractivity contribution >= 4 is 23.8 Å². The molecule has 7 heteroatoms. The van der Waals surface area contributed by atoms with Gasteiger partial charge in [-0.2, -0.15) is 0 Å². The van der Waals surface area contributed by atoms with E-state index in [4.69, 9.17) is 4.74 Å². The van der Waals surface area contributed by atoms with E-state index in [9.17, 15) is 9.59 Å². The van der Waals surface area contributed by atoms with E-state index in [1.54, 1.807) is 11.1 Å². The number of hydrogen-bond acceptors (Lipinski definition) is 5. The molecule has 1 aliphatic heterocycles. The Kier molecular flexibility index (Phi) is 5.68. The van der Waals surface area contributed by atoms with Crippen LogP contribution in [-0.2, 0) is 9.59 Å². The summed E-state index contributed by atoms with van der Waals surface area (Å²) in [5, 5.41) is 2.77. The summed E-state index contributed by atoms with van der Waals surface area (Å²) in [5.41, 5.74) is 1.76. The van der Waals surface area contributed by atoms with Gasteiger partial charge in [0.05, 0.1) is 11.9 Å². The van der Waals surface area contributed by atoms with Crippen LogP contribution in [0, 0.1) is 6.92 Å². The molecule has 0 spiro atoms. The Morgan fingerprint density at radius 3 is 2.50 bits per heavy atom. The van der Waals surface area contributed by atoms with Gasteiger partial charge in [-0.15, -0.1) is 0 Å². The van der Waals surface area contributed by atoms with Crippen LogP contribution in [0.3, 0.4) is 0 Å². The fourth-order valence-electron chi connectivity index (χ4n) is 2.68. The number of pyridine rings is 1. The molecule has 2 heterocycles. The van der Waals surface area contributed by atoms with Crippen LogP contribution in [0.25, 0.3) is 0 Å². The highest BCUT2D eigenvalue weighted by atomic mass is 16.5. The van der Waals surface area contributed by atoms with Gasteiger partial charge in [0, 0.05) is 26.2 Å². The van der Waals surface area contributed by atoms with Crippen LogP contribution in [0.5, 0.6) is 5.75 Å². The summed E-state index contributed by atoms with van der Waals surface area (Å²) >= 11 is 0. The molecule has 2 amide bonds. The smallest absolute Gasteiger partial charge is 0.262 e. The van der Waals surface area contributed by atoms with Crippen molar-refractivity contribution in [3.8, 4) is 5.75 Å². The minimum absolute atomic E-state index is 0.0571. The molecule has 1 fully saturated rings. The summed E-state index contributed by atoms with van der Waals surface area (Å²) in [7, 11) is 0. The first-order valence-corrected chi connectivity index (χ1v) is 8.54. The molecule has 1 N–H and O–H groups in total. The van der Waals surface area contributed by atoms with Gasteiger partial charge in [0.2, 0.25) is 6.41 Å². The number of carbonyl (C=O) groups excluding carboxylic acids is 2. The number of amides is 2. The van der Waals surface area contributed by atoms with Crippen LogP contribution in [0.2, 0.25) is 0 Å². The Bertz CT molecular complexity index is 738. The molecule has 7 nitrogen and oxygen atoms in total. The van der Waals surface area contributed by atoms with Crippen molar-refractivity contribution in [2.24, 2.45) is 0 Å². The quantitative estimate of drug-likeness (QED) is 0.799.